The zero-order valence-corrected chi connectivity index (χ0v) is 9.51. The highest BCUT2D eigenvalue weighted by Gasteiger charge is 2.65. The van der Waals surface area contributed by atoms with Gasteiger partial charge in [-0.2, -0.15) is 0 Å². The van der Waals surface area contributed by atoms with Crippen molar-refractivity contribution in [1.29, 1.82) is 0 Å². The maximum atomic E-state index is 11.8. The number of ketones is 2. The molecule has 0 aromatic heterocycles. The Bertz CT molecular complexity index is 319. The maximum absolute atomic E-state index is 11.8. The Hall–Kier alpha value is -0.740. The summed E-state index contributed by atoms with van der Waals surface area (Å²) in [4.78, 5) is 23.6. The van der Waals surface area contributed by atoms with Gasteiger partial charge in [-0.25, -0.2) is 0 Å². The number of methoxy groups -OCH3 is 2. The molecule has 3 aliphatic rings. The van der Waals surface area contributed by atoms with Gasteiger partial charge in [-0.15, -0.1) is 0 Å². The van der Waals surface area contributed by atoms with E-state index in [-0.39, 0.29) is 53.9 Å². The van der Waals surface area contributed by atoms with E-state index in [4.69, 9.17) is 9.47 Å². The third-order valence-electron chi connectivity index (χ3n) is 4.66. The molecule has 3 aliphatic carbocycles. The third-order valence-corrected chi connectivity index (χ3v) is 4.66. The topological polar surface area (TPSA) is 52.6 Å². The second-order valence-corrected chi connectivity index (χ2v) is 5.13. The number of Topliss-reactive ketones (excluding diaryl/α,β-unsaturated/α-hetero) is 2. The van der Waals surface area contributed by atoms with Gasteiger partial charge in [0, 0.05) is 26.1 Å². The van der Waals surface area contributed by atoms with Gasteiger partial charge in [0.05, 0.1) is 18.6 Å². The van der Waals surface area contributed by atoms with Crippen molar-refractivity contribution < 1.29 is 19.1 Å². The minimum absolute atomic E-state index is 0.00824. The number of ether oxygens (including phenoxy) is 2. The minimum atomic E-state index is -0.0751. The molecule has 0 amide bonds. The highest BCUT2D eigenvalue weighted by Crippen LogP contribution is 2.57. The Morgan fingerprint density at radius 1 is 0.938 bits per heavy atom. The number of fused-ring (bicyclic) bond motifs is 5. The number of carbonyl (C=O) groups excluding carboxylic acids is 2. The van der Waals surface area contributed by atoms with Crippen LogP contribution < -0.4 is 0 Å². The molecule has 88 valence electrons. The van der Waals surface area contributed by atoms with Crippen LogP contribution in [0.15, 0.2) is 0 Å². The van der Waals surface area contributed by atoms with Gasteiger partial charge in [0.2, 0.25) is 0 Å². The maximum Gasteiger partial charge on any atom is 0.144 e. The van der Waals surface area contributed by atoms with Crippen LogP contribution in [-0.2, 0) is 19.1 Å². The van der Waals surface area contributed by atoms with E-state index >= 15 is 0 Å². The molecule has 0 aromatic carbocycles. The van der Waals surface area contributed by atoms with Crippen LogP contribution in [0.2, 0.25) is 0 Å². The molecule has 3 fully saturated rings. The highest BCUT2D eigenvalue weighted by atomic mass is 16.5. The smallest absolute Gasteiger partial charge is 0.144 e. The van der Waals surface area contributed by atoms with E-state index < -0.39 is 0 Å². The Balaban J connectivity index is 1.96. The molecule has 0 saturated heterocycles. The number of hydrogen-bond acceptors (Lipinski definition) is 4. The van der Waals surface area contributed by atoms with E-state index in [9.17, 15) is 9.59 Å². The first-order chi connectivity index (χ1) is 7.69. The molecule has 0 spiro atoms. The first-order valence-corrected chi connectivity index (χ1v) is 5.80. The van der Waals surface area contributed by atoms with Crippen LogP contribution in [0.1, 0.15) is 12.8 Å². The van der Waals surface area contributed by atoms with Crippen molar-refractivity contribution in [2.75, 3.05) is 14.2 Å². The van der Waals surface area contributed by atoms with Crippen molar-refractivity contribution in [2.45, 2.75) is 25.0 Å². The zero-order valence-electron chi connectivity index (χ0n) is 9.51. The SMILES string of the molecule is COC1C2CC(C1OC)C1C(=O)CC(=O)C21. The van der Waals surface area contributed by atoms with Gasteiger partial charge < -0.3 is 9.47 Å². The molecule has 6 unspecified atom stereocenters. The molecule has 6 atom stereocenters. The summed E-state index contributed by atoms with van der Waals surface area (Å²) < 4.78 is 10.9. The summed E-state index contributed by atoms with van der Waals surface area (Å²) in [7, 11) is 3.32. The van der Waals surface area contributed by atoms with Gasteiger partial charge >= 0.3 is 0 Å². The molecular formula is C12H16O4. The Labute approximate surface area is 94.3 Å². The van der Waals surface area contributed by atoms with Crippen LogP contribution in [0.3, 0.4) is 0 Å². The Morgan fingerprint density at radius 2 is 1.38 bits per heavy atom. The van der Waals surface area contributed by atoms with Gasteiger partial charge in [-0.1, -0.05) is 0 Å². The molecule has 2 bridgehead atoms. The van der Waals surface area contributed by atoms with Crippen molar-refractivity contribution in [1.82, 2.24) is 0 Å². The average Bonchev–Trinajstić information content (AvgIpc) is 2.88. The fourth-order valence-electron chi connectivity index (χ4n) is 4.21. The average molecular weight is 224 g/mol. The van der Waals surface area contributed by atoms with E-state index in [1.165, 1.54) is 0 Å². The van der Waals surface area contributed by atoms with E-state index in [2.05, 4.69) is 0 Å². The van der Waals surface area contributed by atoms with Crippen LogP contribution in [0.4, 0.5) is 0 Å². The summed E-state index contributed by atoms with van der Waals surface area (Å²) in [6.45, 7) is 0. The van der Waals surface area contributed by atoms with Crippen molar-refractivity contribution in [3.8, 4) is 0 Å². The second-order valence-electron chi connectivity index (χ2n) is 5.13. The molecule has 0 aliphatic heterocycles. The molecule has 0 N–H and O–H groups in total. The quantitative estimate of drug-likeness (QED) is 0.639. The highest BCUT2D eigenvalue weighted by molar-refractivity contribution is 6.09. The molecular weight excluding hydrogens is 208 g/mol. The molecule has 0 aromatic rings. The second kappa shape index (κ2) is 3.37. The Morgan fingerprint density at radius 3 is 1.75 bits per heavy atom. The van der Waals surface area contributed by atoms with Crippen LogP contribution in [0, 0.1) is 23.7 Å². The van der Waals surface area contributed by atoms with Crippen LogP contribution in [0.25, 0.3) is 0 Å². The first-order valence-electron chi connectivity index (χ1n) is 5.80. The molecule has 0 heterocycles. The van der Waals surface area contributed by atoms with Gasteiger partial charge in [0.1, 0.15) is 11.6 Å². The largest absolute Gasteiger partial charge is 0.378 e. The summed E-state index contributed by atoms with van der Waals surface area (Å²) in [5, 5.41) is 0. The minimum Gasteiger partial charge on any atom is -0.378 e. The lowest BCUT2D eigenvalue weighted by atomic mass is 9.78. The fraction of sp³-hybridized carbons (Fsp3) is 0.833. The number of hydrogen-bond donors (Lipinski definition) is 0. The predicted molar refractivity (Wildman–Crippen MR) is 54.8 cm³/mol. The van der Waals surface area contributed by atoms with Gasteiger partial charge in [-0.05, 0) is 18.3 Å². The summed E-state index contributed by atoms with van der Waals surface area (Å²) in [5.74, 6) is 0.494. The van der Waals surface area contributed by atoms with Gasteiger partial charge in [0.15, 0.2) is 0 Å². The molecule has 4 nitrogen and oxygen atoms in total. The summed E-state index contributed by atoms with van der Waals surface area (Å²) in [6, 6.07) is 0. The molecule has 16 heavy (non-hydrogen) atoms. The van der Waals surface area contributed by atoms with E-state index in [1.807, 2.05) is 0 Å². The predicted octanol–water partition coefficient (Wildman–Crippen LogP) is 0.440. The van der Waals surface area contributed by atoms with E-state index in [0.29, 0.717) is 0 Å². The fourth-order valence-corrected chi connectivity index (χ4v) is 4.21. The van der Waals surface area contributed by atoms with Crippen molar-refractivity contribution >= 4 is 11.6 Å². The van der Waals surface area contributed by atoms with Crippen LogP contribution in [-0.4, -0.2) is 38.0 Å². The monoisotopic (exact) mass is 224 g/mol. The molecule has 4 heteroatoms. The lowest BCUT2D eigenvalue weighted by Crippen LogP contribution is -2.45. The zero-order chi connectivity index (χ0) is 11.4. The molecule has 0 radical (unpaired) electrons. The van der Waals surface area contributed by atoms with Crippen molar-refractivity contribution in [3.63, 3.8) is 0 Å². The number of rotatable bonds is 2. The summed E-state index contributed by atoms with van der Waals surface area (Å²) in [6.07, 6.45) is 1.02. The van der Waals surface area contributed by atoms with E-state index in [1.54, 1.807) is 14.2 Å². The summed E-state index contributed by atoms with van der Waals surface area (Å²) in [5.41, 5.74) is 0. The van der Waals surface area contributed by atoms with Crippen LogP contribution in [0.5, 0.6) is 0 Å². The molecule has 3 saturated carbocycles. The molecule has 3 rings (SSSR count). The van der Waals surface area contributed by atoms with Crippen molar-refractivity contribution in [3.05, 3.63) is 0 Å². The Kier molecular flexibility index (Phi) is 2.20. The van der Waals surface area contributed by atoms with Gasteiger partial charge in [0.25, 0.3) is 0 Å². The van der Waals surface area contributed by atoms with Crippen LogP contribution >= 0.6 is 0 Å². The normalized spacial score (nSPS) is 50.1. The lowest BCUT2D eigenvalue weighted by molar-refractivity contribution is -0.134. The third kappa shape index (κ3) is 1.07. The standard InChI is InChI=1S/C12H16O4/c1-15-11-5-3-6(12(11)16-2)10-8(14)4-7(13)9(5)10/h5-6,9-12H,3-4H2,1-2H3. The van der Waals surface area contributed by atoms with Gasteiger partial charge in [-0.3, -0.25) is 9.59 Å². The number of carbonyl (C=O) groups is 2. The van der Waals surface area contributed by atoms with Crippen molar-refractivity contribution in [2.24, 2.45) is 23.7 Å². The first kappa shape index (κ1) is 10.4. The van der Waals surface area contributed by atoms with E-state index in [0.717, 1.165) is 6.42 Å². The lowest BCUT2D eigenvalue weighted by Gasteiger charge is -2.34. The summed E-state index contributed by atoms with van der Waals surface area (Å²) >= 11 is 0.